The van der Waals surface area contributed by atoms with Crippen LogP contribution in [-0.2, 0) is 19.1 Å². The summed E-state index contributed by atoms with van der Waals surface area (Å²) in [4.78, 5) is 37.0. The van der Waals surface area contributed by atoms with Gasteiger partial charge in [0.2, 0.25) is 0 Å². The fourth-order valence-electron chi connectivity index (χ4n) is 11.5. The Morgan fingerprint density at radius 2 is 1.62 bits per heavy atom. The zero-order chi connectivity index (χ0) is 28.8. The molecule has 5 nitrogen and oxygen atoms in total. The third-order valence-electron chi connectivity index (χ3n) is 13.3. The first kappa shape index (κ1) is 28.6. The Morgan fingerprint density at radius 3 is 2.23 bits per heavy atom. The molecule has 0 spiro atoms. The van der Waals surface area contributed by atoms with Gasteiger partial charge in [0.25, 0.3) is 0 Å². The van der Waals surface area contributed by atoms with E-state index in [0.717, 1.165) is 56.9 Å². The molecule has 0 unspecified atom stereocenters. The van der Waals surface area contributed by atoms with Crippen LogP contribution < -0.4 is 0 Å². The van der Waals surface area contributed by atoms with Crippen molar-refractivity contribution in [2.75, 3.05) is 0 Å². The van der Waals surface area contributed by atoms with Crippen molar-refractivity contribution in [3.05, 3.63) is 23.3 Å². The van der Waals surface area contributed by atoms with Crippen molar-refractivity contribution in [1.82, 2.24) is 0 Å². The van der Waals surface area contributed by atoms with Gasteiger partial charge in [-0.15, -0.1) is 0 Å². The van der Waals surface area contributed by atoms with Crippen molar-refractivity contribution in [3.63, 3.8) is 0 Å². The number of carboxylic acid groups (broad SMARTS) is 1. The number of hydrogen-bond donors (Lipinski definition) is 1. The Bertz CT molecular complexity index is 1140. The molecule has 5 aliphatic rings. The molecule has 0 heterocycles. The predicted octanol–water partition coefficient (Wildman–Crippen LogP) is 7.54. The van der Waals surface area contributed by atoms with Gasteiger partial charge in [0.15, 0.2) is 5.78 Å². The van der Waals surface area contributed by atoms with Gasteiger partial charge in [-0.05, 0) is 102 Å². The third kappa shape index (κ3) is 3.87. The molecule has 1 N–H and O–H groups in total. The van der Waals surface area contributed by atoms with Crippen LogP contribution >= 0.6 is 0 Å². The lowest BCUT2D eigenvalue weighted by Gasteiger charge is -2.72. The molecule has 4 fully saturated rings. The highest BCUT2D eigenvalue weighted by atomic mass is 16.5. The number of Topliss-reactive ketones (excluding diaryl/α,β-unsaturated/α-hetero) is 1. The SMILES string of the molecule is CC(=O)O[C@H]1CC[C@]2(C)[C@H]3CC[C@@H]4C5=C(C(C)C)C(=O)C[C@]5(C=CC(=O)O)CC[C@@]4(C)[C@]3(C)CC[C@H]2C1(C)C. The predicted molar refractivity (Wildman–Crippen MR) is 152 cm³/mol. The molecule has 4 saturated carbocycles. The number of aliphatic carboxylic acids is 1. The molecule has 5 heteroatoms. The van der Waals surface area contributed by atoms with E-state index in [2.05, 4.69) is 48.5 Å². The molecule has 0 amide bonds. The summed E-state index contributed by atoms with van der Waals surface area (Å²) in [5, 5.41) is 9.51. The number of rotatable bonds is 4. The number of fused-ring (bicyclic) bond motifs is 7. The lowest BCUT2D eigenvalue weighted by atomic mass is 9.33. The Labute approximate surface area is 235 Å². The molecule has 0 aromatic rings. The van der Waals surface area contributed by atoms with Crippen molar-refractivity contribution in [2.45, 2.75) is 119 Å². The minimum atomic E-state index is -0.934. The zero-order valence-electron chi connectivity index (χ0n) is 25.5. The summed E-state index contributed by atoms with van der Waals surface area (Å²) in [7, 11) is 0. The number of carbonyl (C=O) groups is 3. The monoisotopic (exact) mass is 538 g/mol. The Morgan fingerprint density at radius 1 is 0.923 bits per heavy atom. The molecule has 0 aliphatic heterocycles. The van der Waals surface area contributed by atoms with E-state index in [1.54, 1.807) is 0 Å². The van der Waals surface area contributed by atoms with Gasteiger partial charge < -0.3 is 9.84 Å². The maximum atomic E-state index is 13.5. The van der Waals surface area contributed by atoms with Crippen LogP contribution in [0.15, 0.2) is 23.3 Å². The molecular weight excluding hydrogens is 488 g/mol. The summed E-state index contributed by atoms with van der Waals surface area (Å²) in [6.07, 6.45) is 11.9. The van der Waals surface area contributed by atoms with Crippen molar-refractivity contribution < 1.29 is 24.2 Å². The van der Waals surface area contributed by atoms with E-state index in [9.17, 15) is 19.5 Å². The normalized spacial score (nSPS) is 45.0. The van der Waals surface area contributed by atoms with Crippen molar-refractivity contribution in [1.29, 1.82) is 0 Å². The maximum absolute atomic E-state index is 13.5. The number of hydrogen-bond acceptors (Lipinski definition) is 4. The molecule has 0 radical (unpaired) electrons. The lowest BCUT2D eigenvalue weighted by Crippen LogP contribution is -2.65. The first-order chi connectivity index (χ1) is 18.0. The summed E-state index contributed by atoms with van der Waals surface area (Å²) in [6.45, 7) is 18.1. The average molecular weight is 539 g/mol. The van der Waals surface area contributed by atoms with E-state index in [-0.39, 0.29) is 45.4 Å². The molecular formula is C34H50O5. The Kier molecular flexibility index (Phi) is 6.64. The van der Waals surface area contributed by atoms with E-state index in [0.29, 0.717) is 24.2 Å². The number of allylic oxidation sites excluding steroid dienone is 3. The number of esters is 1. The van der Waals surface area contributed by atoms with Crippen LogP contribution in [0.1, 0.15) is 113 Å². The smallest absolute Gasteiger partial charge is 0.328 e. The summed E-state index contributed by atoms with van der Waals surface area (Å²) in [5.41, 5.74) is 2.15. The summed E-state index contributed by atoms with van der Waals surface area (Å²) in [5.74, 6) is 0.648. The van der Waals surface area contributed by atoms with Crippen LogP contribution in [-0.4, -0.2) is 28.9 Å². The highest BCUT2D eigenvalue weighted by Gasteiger charge is 2.69. The quantitative estimate of drug-likeness (QED) is 0.295. The maximum Gasteiger partial charge on any atom is 0.328 e. The van der Waals surface area contributed by atoms with Gasteiger partial charge in [-0.1, -0.05) is 54.5 Å². The lowest BCUT2D eigenvalue weighted by molar-refractivity contribution is -0.232. The van der Waals surface area contributed by atoms with Gasteiger partial charge in [0.05, 0.1) is 0 Å². The highest BCUT2D eigenvalue weighted by molar-refractivity contribution is 6.01. The van der Waals surface area contributed by atoms with Crippen LogP contribution in [0.5, 0.6) is 0 Å². The van der Waals surface area contributed by atoms with Crippen molar-refractivity contribution >= 4 is 17.7 Å². The van der Waals surface area contributed by atoms with Crippen LogP contribution in [0.2, 0.25) is 0 Å². The van der Waals surface area contributed by atoms with Crippen LogP contribution in [0.25, 0.3) is 0 Å². The van der Waals surface area contributed by atoms with Gasteiger partial charge in [0, 0.05) is 30.3 Å². The van der Waals surface area contributed by atoms with Crippen LogP contribution in [0.3, 0.4) is 0 Å². The van der Waals surface area contributed by atoms with Crippen LogP contribution in [0, 0.1) is 50.7 Å². The molecule has 0 aromatic heterocycles. The molecule has 0 aromatic carbocycles. The fourth-order valence-corrected chi connectivity index (χ4v) is 11.5. The zero-order valence-corrected chi connectivity index (χ0v) is 25.5. The summed E-state index contributed by atoms with van der Waals surface area (Å²) < 4.78 is 5.88. The van der Waals surface area contributed by atoms with Gasteiger partial charge in [0.1, 0.15) is 6.10 Å². The highest BCUT2D eigenvalue weighted by Crippen LogP contribution is 2.76. The van der Waals surface area contributed by atoms with Gasteiger partial charge in [-0.25, -0.2) is 4.79 Å². The number of carbonyl (C=O) groups excluding carboxylic acids is 2. The first-order valence-corrected chi connectivity index (χ1v) is 15.4. The largest absolute Gasteiger partial charge is 0.478 e. The fraction of sp³-hybridized carbons (Fsp3) is 0.794. The van der Waals surface area contributed by atoms with Gasteiger partial charge in [-0.2, -0.15) is 0 Å². The van der Waals surface area contributed by atoms with Crippen LogP contribution in [0.4, 0.5) is 0 Å². The molecule has 39 heavy (non-hydrogen) atoms. The Balaban J connectivity index is 1.57. The Hall–Kier alpha value is -1.91. The van der Waals surface area contributed by atoms with Crippen molar-refractivity contribution in [2.24, 2.45) is 50.7 Å². The second-order valence-corrected chi connectivity index (χ2v) is 15.5. The standard InChI is InChI=1S/C34H50O5/c1-20(2)28-23(36)19-34(16-13-27(37)38)18-17-32(7)22(29(28)34)9-10-25-31(6)14-12-26(39-21(3)35)30(4,5)24(31)11-15-33(25,32)8/h13,16,20,22,24-26H,9-12,14-15,17-19H2,1-8H3,(H,37,38)/t22-,24+,25-,26+,31+,32-,33-,34+/m1/s1. The van der Waals surface area contributed by atoms with E-state index in [4.69, 9.17) is 4.74 Å². The van der Waals surface area contributed by atoms with E-state index in [1.807, 2.05) is 6.08 Å². The minimum Gasteiger partial charge on any atom is -0.478 e. The summed E-state index contributed by atoms with van der Waals surface area (Å²) in [6, 6.07) is 0. The first-order valence-electron chi connectivity index (χ1n) is 15.4. The van der Waals surface area contributed by atoms with Crippen molar-refractivity contribution in [3.8, 4) is 0 Å². The summed E-state index contributed by atoms with van der Waals surface area (Å²) >= 11 is 0. The third-order valence-corrected chi connectivity index (χ3v) is 13.3. The molecule has 5 rings (SSSR count). The van der Waals surface area contributed by atoms with Gasteiger partial charge in [-0.3, -0.25) is 9.59 Å². The topological polar surface area (TPSA) is 80.7 Å². The minimum absolute atomic E-state index is 0.0241. The number of ketones is 1. The van der Waals surface area contributed by atoms with E-state index in [1.165, 1.54) is 18.6 Å². The van der Waals surface area contributed by atoms with E-state index >= 15 is 0 Å². The second kappa shape index (κ2) is 9.05. The second-order valence-electron chi connectivity index (χ2n) is 15.5. The average Bonchev–Trinajstić information content (AvgIpc) is 3.12. The molecule has 5 aliphatic carbocycles. The molecule has 216 valence electrons. The molecule has 0 saturated heterocycles. The molecule has 8 atom stereocenters. The van der Waals surface area contributed by atoms with Gasteiger partial charge >= 0.3 is 11.9 Å². The van der Waals surface area contributed by atoms with E-state index < -0.39 is 11.4 Å². The number of carboxylic acids is 1. The molecule has 0 bridgehead atoms. The number of ether oxygens (including phenoxy) is 1.